The van der Waals surface area contributed by atoms with E-state index in [4.69, 9.17) is 9.15 Å². The summed E-state index contributed by atoms with van der Waals surface area (Å²) in [5.74, 6) is 1.69. The van der Waals surface area contributed by atoms with Crippen molar-refractivity contribution in [3.63, 3.8) is 0 Å². The second kappa shape index (κ2) is 11.5. The first-order valence-electron chi connectivity index (χ1n) is 10.5. The number of nitrogens with zero attached hydrogens (tertiary/aromatic N) is 2. The van der Waals surface area contributed by atoms with Gasteiger partial charge in [-0.25, -0.2) is 0 Å². The minimum atomic E-state index is 0. The molecule has 1 fully saturated rings. The number of para-hydroxylation sites is 1. The minimum absolute atomic E-state index is 0. The number of halogens is 1. The Morgan fingerprint density at radius 1 is 1.00 bits per heavy atom. The van der Waals surface area contributed by atoms with Crippen LogP contribution in [0.3, 0.4) is 0 Å². The number of aryl methyl sites for hydroxylation is 1. The number of rotatable bonds is 6. The quantitative estimate of drug-likeness (QED) is 0.284. The predicted octanol–water partition coefficient (Wildman–Crippen LogP) is 4.06. The zero-order valence-electron chi connectivity index (χ0n) is 18.2. The van der Waals surface area contributed by atoms with Crippen molar-refractivity contribution in [1.82, 2.24) is 15.5 Å². The van der Waals surface area contributed by atoms with Crippen molar-refractivity contribution in [2.24, 2.45) is 4.99 Å². The van der Waals surface area contributed by atoms with Crippen molar-refractivity contribution in [2.75, 3.05) is 33.4 Å². The Hall–Kier alpha value is -2.10. The fourth-order valence-electron chi connectivity index (χ4n) is 3.82. The molecule has 0 aliphatic carbocycles. The van der Waals surface area contributed by atoms with Gasteiger partial charge in [-0.15, -0.1) is 24.0 Å². The van der Waals surface area contributed by atoms with Gasteiger partial charge in [0.05, 0.1) is 19.8 Å². The molecule has 0 amide bonds. The molecule has 31 heavy (non-hydrogen) atoms. The summed E-state index contributed by atoms with van der Waals surface area (Å²) < 4.78 is 11.4. The van der Waals surface area contributed by atoms with Crippen LogP contribution in [0.4, 0.5) is 0 Å². The van der Waals surface area contributed by atoms with Crippen LogP contribution >= 0.6 is 24.0 Å². The summed E-state index contributed by atoms with van der Waals surface area (Å²) in [7, 11) is 1.79. The summed E-state index contributed by atoms with van der Waals surface area (Å²) >= 11 is 0. The van der Waals surface area contributed by atoms with E-state index in [0.29, 0.717) is 6.54 Å². The van der Waals surface area contributed by atoms with E-state index in [1.807, 2.05) is 18.2 Å². The Bertz CT molecular complexity index is 1010. The number of ether oxygens (including phenoxy) is 1. The van der Waals surface area contributed by atoms with Gasteiger partial charge < -0.3 is 19.8 Å². The molecule has 1 aromatic heterocycles. The largest absolute Gasteiger partial charge is 0.459 e. The van der Waals surface area contributed by atoms with Gasteiger partial charge >= 0.3 is 0 Å². The molecule has 6 nitrogen and oxygen atoms in total. The molecule has 0 unspecified atom stereocenters. The van der Waals surface area contributed by atoms with Crippen LogP contribution in [0.15, 0.2) is 57.9 Å². The molecule has 2 N–H and O–H groups in total. The fourth-order valence-corrected chi connectivity index (χ4v) is 3.82. The number of benzene rings is 2. The lowest BCUT2D eigenvalue weighted by Crippen LogP contribution is -2.36. The van der Waals surface area contributed by atoms with Crippen molar-refractivity contribution in [3.05, 3.63) is 71.0 Å². The van der Waals surface area contributed by atoms with Crippen LogP contribution in [0.25, 0.3) is 11.0 Å². The van der Waals surface area contributed by atoms with Crippen molar-refractivity contribution < 1.29 is 9.15 Å². The summed E-state index contributed by atoms with van der Waals surface area (Å²) in [6.45, 7) is 8.03. The van der Waals surface area contributed by atoms with E-state index in [0.717, 1.165) is 62.1 Å². The lowest BCUT2D eigenvalue weighted by molar-refractivity contribution is 0.0342. The highest BCUT2D eigenvalue weighted by molar-refractivity contribution is 14.0. The summed E-state index contributed by atoms with van der Waals surface area (Å²) in [6, 6.07) is 16.9. The van der Waals surface area contributed by atoms with Gasteiger partial charge in [0.15, 0.2) is 5.96 Å². The molecule has 0 spiro atoms. The number of hydrogen-bond acceptors (Lipinski definition) is 4. The van der Waals surface area contributed by atoms with Crippen molar-refractivity contribution in [1.29, 1.82) is 0 Å². The molecule has 2 aromatic carbocycles. The highest BCUT2D eigenvalue weighted by Gasteiger charge is 2.12. The third-order valence-electron chi connectivity index (χ3n) is 5.54. The van der Waals surface area contributed by atoms with Gasteiger partial charge in [0.2, 0.25) is 0 Å². The third kappa shape index (κ3) is 6.21. The molecule has 0 radical (unpaired) electrons. The molecule has 4 rings (SSSR count). The van der Waals surface area contributed by atoms with Crippen LogP contribution < -0.4 is 10.6 Å². The van der Waals surface area contributed by atoms with Crippen LogP contribution in [0, 0.1) is 6.92 Å². The molecule has 3 aromatic rings. The van der Waals surface area contributed by atoms with E-state index in [1.165, 1.54) is 16.7 Å². The predicted molar refractivity (Wildman–Crippen MR) is 136 cm³/mol. The minimum Gasteiger partial charge on any atom is -0.459 e. The van der Waals surface area contributed by atoms with Crippen molar-refractivity contribution in [2.45, 2.75) is 26.6 Å². The first-order valence-corrected chi connectivity index (χ1v) is 10.5. The SMILES string of the molecule is CN=C(NCc1cccc(CN2CCOCC2)c1)NCc1oc2ccccc2c1C.I. The molecule has 1 aliphatic rings. The maximum atomic E-state index is 5.99. The van der Waals surface area contributed by atoms with E-state index in [2.05, 4.69) is 57.8 Å². The van der Waals surface area contributed by atoms with Crippen LogP contribution in [-0.2, 0) is 24.4 Å². The highest BCUT2D eigenvalue weighted by Crippen LogP contribution is 2.24. The van der Waals surface area contributed by atoms with Gasteiger partial charge in [0, 0.05) is 44.2 Å². The Kier molecular flexibility index (Phi) is 8.74. The second-order valence-corrected chi connectivity index (χ2v) is 7.63. The Morgan fingerprint density at radius 3 is 2.52 bits per heavy atom. The topological polar surface area (TPSA) is 62.0 Å². The lowest BCUT2D eigenvalue weighted by atomic mass is 10.1. The van der Waals surface area contributed by atoms with E-state index in [1.54, 1.807) is 7.05 Å². The average molecular weight is 534 g/mol. The monoisotopic (exact) mass is 534 g/mol. The van der Waals surface area contributed by atoms with Gasteiger partial charge in [0.25, 0.3) is 0 Å². The maximum absolute atomic E-state index is 5.99. The molecule has 1 saturated heterocycles. The first kappa shape index (κ1) is 23.6. The second-order valence-electron chi connectivity index (χ2n) is 7.63. The summed E-state index contributed by atoms with van der Waals surface area (Å²) in [5.41, 5.74) is 4.66. The number of fused-ring (bicyclic) bond motifs is 1. The zero-order chi connectivity index (χ0) is 20.8. The molecule has 1 aliphatic heterocycles. The van der Waals surface area contributed by atoms with Crippen LogP contribution in [0.1, 0.15) is 22.5 Å². The molecule has 7 heteroatoms. The zero-order valence-corrected chi connectivity index (χ0v) is 20.5. The van der Waals surface area contributed by atoms with Gasteiger partial charge in [-0.3, -0.25) is 9.89 Å². The molecule has 0 bridgehead atoms. The van der Waals surface area contributed by atoms with E-state index >= 15 is 0 Å². The average Bonchev–Trinajstić information content (AvgIpc) is 3.11. The Labute approximate surface area is 201 Å². The third-order valence-corrected chi connectivity index (χ3v) is 5.54. The van der Waals surface area contributed by atoms with Crippen LogP contribution in [0.2, 0.25) is 0 Å². The summed E-state index contributed by atoms with van der Waals surface area (Å²) in [4.78, 5) is 6.79. The smallest absolute Gasteiger partial charge is 0.191 e. The number of morpholine rings is 1. The van der Waals surface area contributed by atoms with E-state index in [9.17, 15) is 0 Å². The van der Waals surface area contributed by atoms with Crippen molar-refractivity contribution in [3.8, 4) is 0 Å². The summed E-state index contributed by atoms with van der Waals surface area (Å²) in [6.07, 6.45) is 0. The van der Waals surface area contributed by atoms with Gasteiger partial charge in [-0.05, 0) is 24.1 Å². The molecular formula is C24H31IN4O2. The van der Waals surface area contributed by atoms with E-state index < -0.39 is 0 Å². The number of nitrogens with one attached hydrogen (secondary N) is 2. The Morgan fingerprint density at radius 2 is 1.74 bits per heavy atom. The van der Waals surface area contributed by atoms with Gasteiger partial charge in [0.1, 0.15) is 11.3 Å². The molecule has 0 atom stereocenters. The van der Waals surface area contributed by atoms with Gasteiger partial charge in [-0.2, -0.15) is 0 Å². The normalized spacial score (nSPS) is 15.0. The maximum Gasteiger partial charge on any atom is 0.191 e. The summed E-state index contributed by atoms with van der Waals surface area (Å²) in [5, 5.41) is 7.93. The Balaban J connectivity index is 0.00000272. The molecule has 166 valence electrons. The fraction of sp³-hybridized carbons (Fsp3) is 0.375. The molecular weight excluding hydrogens is 503 g/mol. The lowest BCUT2D eigenvalue weighted by Gasteiger charge is -2.26. The molecule has 0 saturated carbocycles. The number of aliphatic imine (C=N–C) groups is 1. The van der Waals surface area contributed by atoms with Gasteiger partial charge in [-0.1, -0.05) is 42.5 Å². The first-order chi connectivity index (χ1) is 14.7. The van der Waals surface area contributed by atoms with E-state index in [-0.39, 0.29) is 24.0 Å². The number of hydrogen-bond donors (Lipinski definition) is 2. The highest BCUT2D eigenvalue weighted by atomic mass is 127. The molecule has 2 heterocycles. The van der Waals surface area contributed by atoms with Crippen LogP contribution in [-0.4, -0.2) is 44.2 Å². The standard InChI is InChI=1S/C24H30N4O2.HI/c1-18-21-8-3-4-9-22(21)30-23(18)16-27-24(25-2)26-15-19-6-5-7-20(14-19)17-28-10-12-29-13-11-28;/h3-9,14H,10-13,15-17H2,1-2H3,(H2,25,26,27);1H. The number of guanidine groups is 1. The van der Waals surface area contributed by atoms with Crippen LogP contribution in [0.5, 0.6) is 0 Å². The van der Waals surface area contributed by atoms with Crippen molar-refractivity contribution >= 4 is 40.9 Å². The number of furan rings is 1.